The maximum absolute atomic E-state index is 12.0. The maximum Gasteiger partial charge on any atom is 0.250 e. The summed E-state index contributed by atoms with van der Waals surface area (Å²) in [5.74, 6) is 0.452. The molecule has 0 radical (unpaired) electrons. The first kappa shape index (κ1) is 15.8. The van der Waals surface area contributed by atoms with Crippen molar-refractivity contribution >= 4 is 11.6 Å². The molecule has 0 saturated heterocycles. The summed E-state index contributed by atoms with van der Waals surface area (Å²) >= 11 is 0. The third-order valence-electron chi connectivity index (χ3n) is 3.81. The summed E-state index contributed by atoms with van der Waals surface area (Å²) in [6.07, 6.45) is 5.35. The molecule has 1 aliphatic carbocycles. The van der Waals surface area contributed by atoms with E-state index in [-0.39, 0.29) is 24.7 Å². The fourth-order valence-electron chi connectivity index (χ4n) is 2.63. The van der Waals surface area contributed by atoms with Gasteiger partial charge in [-0.25, -0.2) is 0 Å². The minimum atomic E-state index is -0.184. The molecule has 21 heavy (non-hydrogen) atoms. The van der Waals surface area contributed by atoms with Crippen molar-refractivity contribution in [3.05, 3.63) is 24.3 Å². The van der Waals surface area contributed by atoms with Crippen LogP contribution in [0.3, 0.4) is 0 Å². The first-order chi connectivity index (χ1) is 10.2. The fourth-order valence-corrected chi connectivity index (χ4v) is 2.63. The van der Waals surface area contributed by atoms with Crippen molar-refractivity contribution in [3.63, 3.8) is 0 Å². The molecule has 2 unspecified atom stereocenters. The fraction of sp³-hybridized carbons (Fsp3) is 0.562. The first-order valence-corrected chi connectivity index (χ1v) is 7.50. The molecule has 2 atom stereocenters. The van der Waals surface area contributed by atoms with Gasteiger partial charge in [-0.05, 0) is 25.0 Å². The van der Waals surface area contributed by atoms with Crippen molar-refractivity contribution in [2.45, 2.75) is 44.2 Å². The number of rotatable bonds is 5. The summed E-state index contributed by atoms with van der Waals surface area (Å²) in [7, 11) is 1.58. The number of ether oxygens (including phenoxy) is 2. The van der Waals surface area contributed by atoms with Gasteiger partial charge in [0.15, 0.2) is 0 Å². The van der Waals surface area contributed by atoms with E-state index in [1.165, 1.54) is 6.42 Å². The quantitative estimate of drug-likeness (QED) is 0.817. The van der Waals surface area contributed by atoms with Gasteiger partial charge in [0.2, 0.25) is 5.91 Å². The number of nitrogens with one attached hydrogen (secondary N) is 1. The van der Waals surface area contributed by atoms with Gasteiger partial charge in [-0.3, -0.25) is 4.79 Å². The Kier molecular flexibility index (Phi) is 6.02. The molecule has 5 nitrogen and oxygen atoms in total. The second-order valence-corrected chi connectivity index (χ2v) is 5.40. The van der Waals surface area contributed by atoms with Crippen LogP contribution in [-0.2, 0) is 9.53 Å². The van der Waals surface area contributed by atoms with Gasteiger partial charge >= 0.3 is 0 Å². The van der Waals surface area contributed by atoms with Gasteiger partial charge in [0.1, 0.15) is 12.4 Å². The SMILES string of the molecule is COc1ccccc1NC(=O)COC1CCCCCC1N. The van der Waals surface area contributed by atoms with Crippen molar-refractivity contribution in [3.8, 4) is 5.75 Å². The summed E-state index contributed by atoms with van der Waals surface area (Å²) in [5, 5.41) is 2.80. The lowest BCUT2D eigenvalue weighted by atomic mass is 10.1. The Morgan fingerprint density at radius 2 is 2.05 bits per heavy atom. The van der Waals surface area contributed by atoms with Crippen LogP contribution in [-0.4, -0.2) is 31.8 Å². The van der Waals surface area contributed by atoms with Crippen molar-refractivity contribution in [1.82, 2.24) is 0 Å². The number of amides is 1. The van der Waals surface area contributed by atoms with Gasteiger partial charge in [0.05, 0.1) is 18.9 Å². The average molecular weight is 292 g/mol. The Morgan fingerprint density at radius 3 is 2.86 bits per heavy atom. The highest BCUT2D eigenvalue weighted by molar-refractivity contribution is 5.93. The largest absolute Gasteiger partial charge is 0.495 e. The molecule has 0 aliphatic heterocycles. The Morgan fingerprint density at radius 1 is 1.29 bits per heavy atom. The zero-order chi connectivity index (χ0) is 15.1. The second kappa shape index (κ2) is 8.00. The molecule has 1 amide bonds. The van der Waals surface area contributed by atoms with Crippen LogP contribution in [0.25, 0.3) is 0 Å². The van der Waals surface area contributed by atoms with E-state index in [4.69, 9.17) is 15.2 Å². The highest BCUT2D eigenvalue weighted by Gasteiger charge is 2.21. The molecule has 1 aromatic carbocycles. The number of carbonyl (C=O) groups excluding carboxylic acids is 1. The number of methoxy groups -OCH3 is 1. The zero-order valence-electron chi connectivity index (χ0n) is 12.5. The summed E-state index contributed by atoms with van der Waals surface area (Å²) in [6, 6.07) is 7.34. The smallest absolute Gasteiger partial charge is 0.250 e. The first-order valence-electron chi connectivity index (χ1n) is 7.50. The van der Waals surface area contributed by atoms with Crippen LogP contribution < -0.4 is 15.8 Å². The average Bonchev–Trinajstić information content (AvgIpc) is 2.70. The van der Waals surface area contributed by atoms with Gasteiger partial charge in [-0.1, -0.05) is 31.4 Å². The molecule has 0 heterocycles. The highest BCUT2D eigenvalue weighted by atomic mass is 16.5. The Balaban J connectivity index is 1.84. The lowest BCUT2D eigenvalue weighted by Crippen LogP contribution is -2.37. The van der Waals surface area contributed by atoms with Crippen molar-refractivity contribution in [2.24, 2.45) is 5.73 Å². The molecule has 1 aromatic rings. The monoisotopic (exact) mass is 292 g/mol. The molecular weight excluding hydrogens is 268 g/mol. The third kappa shape index (κ3) is 4.72. The number of anilines is 1. The molecule has 3 N–H and O–H groups in total. The summed E-state index contributed by atoms with van der Waals surface area (Å²) < 4.78 is 10.9. The van der Waals surface area contributed by atoms with E-state index in [9.17, 15) is 4.79 Å². The number of hydrogen-bond donors (Lipinski definition) is 2. The molecule has 2 rings (SSSR count). The lowest BCUT2D eigenvalue weighted by molar-refractivity contribution is -0.123. The number of hydrogen-bond acceptors (Lipinski definition) is 4. The van der Waals surface area contributed by atoms with Gasteiger partial charge < -0.3 is 20.5 Å². The molecule has 1 aliphatic rings. The Bertz CT molecular complexity index is 465. The zero-order valence-corrected chi connectivity index (χ0v) is 12.5. The van der Waals surface area contributed by atoms with E-state index in [0.29, 0.717) is 11.4 Å². The van der Waals surface area contributed by atoms with Crippen molar-refractivity contribution < 1.29 is 14.3 Å². The van der Waals surface area contributed by atoms with Crippen LogP contribution in [0.4, 0.5) is 5.69 Å². The van der Waals surface area contributed by atoms with Crippen LogP contribution >= 0.6 is 0 Å². The number of nitrogens with two attached hydrogens (primary N) is 1. The van der Waals surface area contributed by atoms with E-state index in [1.54, 1.807) is 19.2 Å². The number of benzene rings is 1. The predicted molar refractivity (Wildman–Crippen MR) is 82.4 cm³/mol. The molecular formula is C16H24N2O3. The second-order valence-electron chi connectivity index (χ2n) is 5.40. The molecule has 5 heteroatoms. The van der Waals surface area contributed by atoms with Crippen LogP contribution in [0, 0.1) is 0 Å². The van der Waals surface area contributed by atoms with E-state index >= 15 is 0 Å². The van der Waals surface area contributed by atoms with Crippen LogP contribution in [0.2, 0.25) is 0 Å². The molecule has 0 aromatic heterocycles. The molecule has 0 bridgehead atoms. The summed E-state index contributed by atoms with van der Waals surface area (Å²) in [5.41, 5.74) is 6.74. The predicted octanol–water partition coefficient (Wildman–Crippen LogP) is 2.31. The van der Waals surface area contributed by atoms with Crippen molar-refractivity contribution in [2.75, 3.05) is 19.0 Å². The molecule has 1 fully saturated rings. The lowest BCUT2D eigenvalue weighted by Gasteiger charge is -2.21. The standard InChI is InChI=1S/C16H24N2O3/c1-20-15-10-6-5-8-13(15)18-16(19)11-21-14-9-4-2-3-7-12(14)17/h5-6,8,10,12,14H,2-4,7,9,11,17H2,1H3,(H,18,19). The van der Waals surface area contributed by atoms with E-state index in [1.807, 2.05) is 12.1 Å². The summed E-state index contributed by atoms with van der Waals surface area (Å²) in [4.78, 5) is 12.0. The van der Waals surface area contributed by atoms with Crippen LogP contribution in [0.15, 0.2) is 24.3 Å². The van der Waals surface area contributed by atoms with Gasteiger partial charge in [0.25, 0.3) is 0 Å². The Hall–Kier alpha value is -1.59. The molecule has 0 spiro atoms. The highest BCUT2D eigenvalue weighted by Crippen LogP contribution is 2.23. The minimum absolute atomic E-state index is 0.0177. The topological polar surface area (TPSA) is 73.6 Å². The van der Waals surface area contributed by atoms with Crippen LogP contribution in [0.1, 0.15) is 32.1 Å². The van der Waals surface area contributed by atoms with Gasteiger partial charge in [-0.2, -0.15) is 0 Å². The molecule has 1 saturated carbocycles. The van der Waals surface area contributed by atoms with Crippen molar-refractivity contribution in [1.29, 1.82) is 0 Å². The Labute approximate surface area is 125 Å². The normalized spacial score (nSPS) is 22.4. The van der Waals surface area contributed by atoms with Crippen LogP contribution in [0.5, 0.6) is 5.75 Å². The number of para-hydroxylation sites is 2. The van der Waals surface area contributed by atoms with E-state index in [2.05, 4.69) is 5.32 Å². The third-order valence-corrected chi connectivity index (χ3v) is 3.81. The number of carbonyl (C=O) groups is 1. The van der Waals surface area contributed by atoms with E-state index < -0.39 is 0 Å². The van der Waals surface area contributed by atoms with E-state index in [0.717, 1.165) is 25.7 Å². The van der Waals surface area contributed by atoms with Gasteiger partial charge in [-0.15, -0.1) is 0 Å². The summed E-state index contributed by atoms with van der Waals surface area (Å²) in [6.45, 7) is 0.0242. The minimum Gasteiger partial charge on any atom is -0.495 e. The molecule has 116 valence electrons. The van der Waals surface area contributed by atoms with Gasteiger partial charge in [0, 0.05) is 6.04 Å². The maximum atomic E-state index is 12.0.